The number of carbonyl (C=O) groups is 2. The molecule has 2 N–H and O–H groups in total. The Morgan fingerprint density at radius 3 is 2.75 bits per heavy atom. The van der Waals surface area contributed by atoms with E-state index in [0.717, 1.165) is 0 Å². The number of amides is 2. The van der Waals surface area contributed by atoms with Crippen molar-refractivity contribution in [2.75, 3.05) is 23.7 Å². The van der Waals surface area contributed by atoms with Crippen molar-refractivity contribution >= 4 is 40.4 Å². The van der Waals surface area contributed by atoms with Crippen LogP contribution in [0.2, 0.25) is 5.02 Å². The minimum Gasteiger partial charge on any atom is -0.382 e. The van der Waals surface area contributed by atoms with Gasteiger partial charge in [0, 0.05) is 25.6 Å². The van der Waals surface area contributed by atoms with Gasteiger partial charge in [-0.2, -0.15) is 10.4 Å². The predicted octanol–water partition coefficient (Wildman–Crippen LogP) is 2.87. The fourth-order valence-electron chi connectivity index (χ4n) is 4.27. The number of fused-ring (bicyclic) bond motifs is 1. The monoisotopic (exact) mass is 451 g/mol. The Morgan fingerprint density at radius 1 is 1.34 bits per heavy atom. The van der Waals surface area contributed by atoms with Gasteiger partial charge in [-0.3, -0.25) is 9.59 Å². The topological polar surface area (TPSA) is 121 Å². The van der Waals surface area contributed by atoms with Gasteiger partial charge in [-0.25, -0.2) is 9.50 Å². The van der Waals surface area contributed by atoms with E-state index in [9.17, 15) is 14.9 Å². The Labute approximate surface area is 190 Å². The van der Waals surface area contributed by atoms with Crippen LogP contribution in [-0.4, -0.2) is 49.9 Å². The molecule has 0 saturated carbocycles. The molecule has 10 heteroatoms. The van der Waals surface area contributed by atoms with Crippen LogP contribution in [-0.2, 0) is 9.59 Å². The molecule has 2 amide bonds. The zero-order chi connectivity index (χ0) is 23.2. The van der Waals surface area contributed by atoms with Crippen molar-refractivity contribution < 1.29 is 9.59 Å². The summed E-state index contributed by atoms with van der Waals surface area (Å²) in [7, 11) is 0. The van der Waals surface area contributed by atoms with Crippen LogP contribution in [0.25, 0.3) is 16.8 Å². The number of aromatic nitrogens is 3. The lowest BCUT2D eigenvalue weighted by Crippen LogP contribution is -2.65. The molecule has 3 heterocycles. The van der Waals surface area contributed by atoms with E-state index in [1.165, 1.54) is 13.3 Å². The molecule has 0 aliphatic carbocycles. The molecular weight excluding hydrogens is 430 g/mol. The van der Waals surface area contributed by atoms with Gasteiger partial charge in [0.2, 0.25) is 5.91 Å². The maximum Gasteiger partial charge on any atom is 0.252 e. The maximum atomic E-state index is 13.5. The van der Waals surface area contributed by atoms with Gasteiger partial charge in [0.05, 0.1) is 22.0 Å². The molecule has 1 atom stereocenters. The summed E-state index contributed by atoms with van der Waals surface area (Å²) < 4.78 is 1.58. The first-order chi connectivity index (χ1) is 15.2. The maximum absolute atomic E-state index is 13.5. The summed E-state index contributed by atoms with van der Waals surface area (Å²) in [5.74, 6) is -0.123. The molecular formula is C22H22ClN7O2. The van der Waals surface area contributed by atoms with Crippen molar-refractivity contribution in [2.24, 2.45) is 0 Å². The minimum atomic E-state index is -0.987. The van der Waals surface area contributed by atoms with E-state index >= 15 is 0 Å². The average molecular weight is 452 g/mol. The molecule has 1 unspecified atom stereocenters. The number of hydrogen-bond donors (Lipinski definition) is 1. The summed E-state index contributed by atoms with van der Waals surface area (Å²) in [5.41, 5.74) is 7.65. The molecule has 0 bridgehead atoms. The molecule has 4 rings (SSSR count). The standard InChI is InChI=1S/C22H22ClN7O2/c1-4-22(3)21(32)28(7-8-29(22)13(2)31)17-9-14(5-6-15(17)11-24)18-10-16(23)19-20(25)26-12-27-30(18)19/h5-6,9-10,12H,4,7-8H2,1-3H3,(H2,25,26,27). The molecule has 32 heavy (non-hydrogen) atoms. The van der Waals surface area contributed by atoms with Crippen LogP contribution in [0.3, 0.4) is 0 Å². The van der Waals surface area contributed by atoms with E-state index in [-0.39, 0.29) is 24.2 Å². The molecule has 9 nitrogen and oxygen atoms in total. The van der Waals surface area contributed by atoms with Crippen molar-refractivity contribution in [1.82, 2.24) is 19.5 Å². The van der Waals surface area contributed by atoms with Crippen molar-refractivity contribution in [3.63, 3.8) is 0 Å². The molecule has 164 valence electrons. The summed E-state index contributed by atoms with van der Waals surface area (Å²) in [6, 6.07) is 9.10. The van der Waals surface area contributed by atoms with Gasteiger partial charge in [-0.1, -0.05) is 24.6 Å². The van der Waals surface area contributed by atoms with Crippen LogP contribution in [0, 0.1) is 11.3 Å². The molecule has 0 radical (unpaired) electrons. The summed E-state index contributed by atoms with van der Waals surface area (Å²) >= 11 is 6.37. The highest BCUT2D eigenvalue weighted by molar-refractivity contribution is 6.35. The van der Waals surface area contributed by atoms with Gasteiger partial charge >= 0.3 is 0 Å². The smallest absolute Gasteiger partial charge is 0.252 e. The summed E-state index contributed by atoms with van der Waals surface area (Å²) in [4.78, 5) is 32.8. The lowest BCUT2D eigenvalue weighted by atomic mass is 9.90. The van der Waals surface area contributed by atoms with Gasteiger partial charge in [0.25, 0.3) is 5.91 Å². The van der Waals surface area contributed by atoms with Crippen LogP contribution in [0.1, 0.15) is 32.8 Å². The molecule has 1 aliphatic rings. The quantitative estimate of drug-likeness (QED) is 0.653. The first-order valence-electron chi connectivity index (χ1n) is 10.1. The van der Waals surface area contributed by atoms with Gasteiger partial charge in [-0.15, -0.1) is 0 Å². The van der Waals surface area contributed by atoms with Gasteiger partial charge in [-0.05, 0) is 31.5 Å². The molecule has 1 saturated heterocycles. The van der Waals surface area contributed by atoms with Crippen LogP contribution in [0.5, 0.6) is 0 Å². The van der Waals surface area contributed by atoms with E-state index in [1.807, 2.05) is 6.92 Å². The number of nitrogen functional groups attached to an aromatic ring is 1. The zero-order valence-corrected chi connectivity index (χ0v) is 18.7. The lowest BCUT2D eigenvalue weighted by molar-refractivity contribution is -0.147. The Balaban J connectivity index is 1.85. The van der Waals surface area contributed by atoms with Crippen molar-refractivity contribution in [2.45, 2.75) is 32.7 Å². The summed E-state index contributed by atoms with van der Waals surface area (Å²) in [6.45, 7) is 5.77. The second-order valence-corrected chi connectivity index (χ2v) is 8.29. The highest BCUT2D eigenvalue weighted by atomic mass is 35.5. The number of hydrogen-bond acceptors (Lipinski definition) is 6. The third-order valence-corrected chi connectivity index (χ3v) is 6.45. The number of benzene rings is 1. The highest BCUT2D eigenvalue weighted by Crippen LogP contribution is 2.36. The van der Waals surface area contributed by atoms with Gasteiger partial charge in [0.15, 0.2) is 5.82 Å². The predicted molar refractivity (Wildman–Crippen MR) is 121 cm³/mol. The molecule has 2 aromatic heterocycles. The second kappa shape index (κ2) is 7.80. The first kappa shape index (κ1) is 21.6. The normalized spacial score (nSPS) is 18.8. The Morgan fingerprint density at radius 2 is 2.09 bits per heavy atom. The summed E-state index contributed by atoms with van der Waals surface area (Å²) in [6.07, 6.45) is 1.79. The lowest BCUT2D eigenvalue weighted by Gasteiger charge is -2.47. The number of carbonyl (C=O) groups excluding carboxylic acids is 2. The van der Waals surface area contributed by atoms with Gasteiger partial charge < -0.3 is 15.5 Å². The number of nitriles is 1. The SMILES string of the molecule is CCC1(C)C(=O)N(c2cc(-c3cc(Cl)c4c(N)ncnn34)ccc2C#N)CCN1C(C)=O. The molecule has 1 aromatic carbocycles. The van der Waals surface area contributed by atoms with Crippen molar-refractivity contribution in [3.8, 4) is 17.3 Å². The van der Waals surface area contributed by atoms with E-state index in [0.29, 0.717) is 46.0 Å². The van der Waals surface area contributed by atoms with E-state index in [2.05, 4.69) is 16.2 Å². The Bertz CT molecular complexity index is 1300. The van der Waals surface area contributed by atoms with Crippen LogP contribution in [0.15, 0.2) is 30.6 Å². The fraction of sp³-hybridized carbons (Fsp3) is 0.318. The van der Waals surface area contributed by atoms with Crippen molar-refractivity contribution in [3.05, 3.63) is 41.2 Å². The summed E-state index contributed by atoms with van der Waals surface area (Å²) in [5, 5.41) is 14.4. The fourth-order valence-corrected chi connectivity index (χ4v) is 4.55. The van der Waals surface area contributed by atoms with Crippen molar-refractivity contribution in [1.29, 1.82) is 5.26 Å². The average Bonchev–Trinajstić information content (AvgIpc) is 3.12. The van der Waals surface area contributed by atoms with E-state index in [4.69, 9.17) is 17.3 Å². The number of piperazine rings is 1. The second-order valence-electron chi connectivity index (χ2n) is 7.88. The minimum absolute atomic E-state index is 0.150. The number of anilines is 2. The third-order valence-electron chi connectivity index (χ3n) is 6.16. The molecule has 0 spiro atoms. The van der Waals surface area contributed by atoms with Crippen LogP contribution < -0.4 is 10.6 Å². The highest BCUT2D eigenvalue weighted by Gasteiger charge is 2.46. The molecule has 3 aromatic rings. The Hall–Kier alpha value is -3.64. The van der Waals surface area contributed by atoms with Crippen LogP contribution in [0.4, 0.5) is 11.5 Å². The molecule has 1 fully saturated rings. The van der Waals surface area contributed by atoms with Gasteiger partial charge in [0.1, 0.15) is 23.5 Å². The van der Waals surface area contributed by atoms with E-state index in [1.54, 1.807) is 45.5 Å². The largest absolute Gasteiger partial charge is 0.382 e. The number of nitrogens with two attached hydrogens (primary N) is 1. The zero-order valence-electron chi connectivity index (χ0n) is 18.0. The Kier molecular flexibility index (Phi) is 5.26. The number of nitrogens with zero attached hydrogens (tertiary/aromatic N) is 6. The molecule has 1 aliphatic heterocycles. The third kappa shape index (κ3) is 3.15. The number of halogens is 1. The first-order valence-corrected chi connectivity index (χ1v) is 10.5. The van der Waals surface area contributed by atoms with E-state index < -0.39 is 5.54 Å². The number of rotatable bonds is 3. The van der Waals surface area contributed by atoms with Crippen LogP contribution >= 0.6 is 11.6 Å².